The third-order valence-electron chi connectivity index (χ3n) is 3.02. The fraction of sp³-hybridized carbons (Fsp3) is 0.385. The van der Waals surface area contributed by atoms with Crippen molar-refractivity contribution in [2.75, 3.05) is 5.32 Å². The quantitative estimate of drug-likeness (QED) is 0.877. The molecule has 1 saturated carbocycles. The Bertz CT molecular complexity index is 506. The largest absolute Gasteiger partial charge is 0.480 e. The Hall–Kier alpha value is -1.54. The van der Waals surface area contributed by atoms with Crippen LogP contribution in [0.2, 0.25) is 0 Å². The minimum atomic E-state index is -0.870. The van der Waals surface area contributed by atoms with Crippen LogP contribution in [-0.4, -0.2) is 17.1 Å². The van der Waals surface area contributed by atoms with E-state index in [-0.39, 0.29) is 0 Å². The summed E-state index contributed by atoms with van der Waals surface area (Å²) in [5.74, 6) is -0.359. The monoisotopic (exact) mass is 308 g/mol. The van der Waals surface area contributed by atoms with E-state index in [9.17, 15) is 9.90 Å². The molecule has 1 aromatic carbocycles. The maximum Gasteiger partial charge on any atom is 0.326 e. The van der Waals surface area contributed by atoms with E-state index in [2.05, 4.69) is 27.3 Å². The molecule has 0 spiro atoms. The van der Waals surface area contributed by atoms with E-state index in [1.807, 2.05) is 0 Å². The minimum Gasteiger partial charge on any atom is -0.480 e. The molecule has 0 aliphatic heterocycles. The number of halogens is 1. The fourth-order valence-corrected chi connectivity index (χ4v) is 2.31. The predicted molar refractivity (Wildman–Crippen MR) is 71.2 cm³/mol. The maximum atomic E-state index is 11.2. The molecular formula is C13H13BrN2O2. The van der Waals surface area contributed by atoms with E-state index in [1.54, 1.807) is 18.2 Å². The highest BCUT2D eigenvalue weighted by Gasteiger charge is 2.29. The molecular weight excluding hydrogens is 296 g/mol. The molecule has 94 valence electrons. The molecule has 1 aromatic rings. The van der Waals surface area contributed by atoms with Crippen LogP contribution < -0.4 is 5.32 Å². The van der Waals surface area contributed by atoms with Gasteiger partial charge in [-0.15, -0.1) is 0 Å². The van der Waals surface area contributed by atoms with Gasteiger partial charge < -0.3 is 10.4 Å². The Morgan fingerprint density at radius 3 is 2.89 bits per heavy atom. The van der Waals surface area contributed by atoms with Gasteiger partial charge in [0, 0.05) is 4.47 Å². The summed E-state index contributed by atoms with van der Waals surface area (Å²) in [6.07, 6.45) is 2.83. The number of anilines is 1. The van der Waals surface area contributed by atoms with E-state index in [4.69, 9.17) is 5.26 Å². The van der Waals surface area contributed by atoms with Crippen LogP contribution in [0.4, 0.5) is 5.69 Å². The molecule has 4 nitrogen and oxygen atoms in total. The van der Waals surface area contributed by atoms with Crippen molar-refractivity contribution in [3.05, 3.63) is 28.2 Å². The average Bonchev–Trinajstić information content (AvgIpc) is 3.12. The number of nitrogens with zero attached hydrogens (tertiary/aromatic N) is 1. The second kappa shape index (κ2) is 5.40. The van der Waals surface area contributed by atoms with Crippen molar-refractivity contribution in [1.29, 1.82) is 5.26 Å². The Labute approximate surface area is 114 Å². The molecule has 1 aliphatic carbocycles. The summed E-state index contributed by atoms with van der Waals surface area (Å²) >= 11 is 3.29. The highest BCUT2D eigenvalue weighted by atomic mass is 79.9. The normalized spacial score (nSPS) is 15.8. The zero-order valence-corrected chi connectivity index (χ0v) is 11.3. The zero-order valence-electron chi connectivity index (χ0n) is 9.69. The van der Waals surface area contributed by atoms with Crippen LogP contribution >= 0.6 is 15.9 Å². The first-order valence-corrected chi connectivity index (χ1v) is 6.59. The van der Waals surface area contributed by atoms with Gasteiger partial charge in [0.15, 0.2) is 0 Å². The number of rotatable bonds is 5. The van der Waals surface area contributed by atoms with Crippen molar-refractivity contribution in [3.8, 4) is 6.07 Å². The smallest absolute Gasteiger partial charge is 0.326 e. The minimum absolute atomic E-state index is 0.444. The van der Waals surface area contributed by atoms with Crippen molar-refractivity contribution < 1.29 is 9.90 Å². The van der Waals surface area contributed by atoms with Gasteiger partial charge in [-0.1, -0.05) is 18.9 Å². The topological polar surface area (TPSA) is 73.1 Å². The second-order valence-electron chi connectivity index (χ2n) is 4.49. The number of hydrogen-bond donors (Lipinski definition) is 2. The summed E-state index contributed by atoms with van der Waals surface area (Å²) in [4.78, 5) is 11.2. The van der Waals surface area contributed by atoms with Gasteiger partial charge in [0.2, 0.25) is 0 Å². The van der Waals surface area contributed by atoms with Gasteiger partial charge in [-0.2, -0.15) is 5.26 Å². The lowest BCUT2D eigenvalue weighted by Gasteiger charge is -2.16. The fourth-order valence-electron chi connectivity index (χ4n) is 1.85. The first kappa shape index (κ1) is 12.9. The number of carboxylic acid groups (broad SMARTS) is 1. The summed E-state index contributed by atoms with van der Waals surface area (Å²) in [5.41, 5.74) is 1.01. The molecule has 5 heteroatoms. The highest BCUT2D eigenvalue weighted by Crippen LogP contribution is 2.34. The Morgan fingerprint density at radius 2 is 2.33 bits per heavy atom. The van der Waals surface area contributed by atoms with E-state index in [1.165, 1.54) is 0 Å². The molecule has 0 radical (unpaired) electrons. The lowest BCUT2D eigenvalue weighted by atomic mass is 10.1. The summed E-state index contributed by atoms with van der Waals surface area (Å²) in [6, 6.07) is 6.72. The van der Waals surface area contributed by atoms with Crippen LogP contribution in [-0.2, 0) is 4.79 Å². The van der Waals surface area contributed by atoms with Gasteiger partial charge in [-0.05, 0) is 40.4 Å². The molecule has 0 aromatic heterocycles. The number of carboxylic acids is 1. The number of aliphatic carboxylic acids is 1. The lowest BCUT2D eigenvalue weighted by molar-refractivity contribution is -0.138. The first-order chi connectivity index (χ1) is 8.61. The van der Waals surface area contributed by atoms with Crippen LogP contribution in [0.5, 0.6) is 0 Å². The molecule has 0 bridgehead atoms. The molecule has 1 unspecified atom stereocenters. The molecule has 1 fully saturated rings. The van der Waals surface area contributed by atoms with Crippen LogP contribution in [0, 0.1) is 17.2 Å². The van der Waals surface area contributed by atoms with Crippen LogP contribution in [0.3, 0.4) is 0 Å². The van der Waals surface area contributed by atoms with Crippen molar-refractivity contribution in [2.45, 2.75) is 25.3 Å². The van der Waals surface area contributed by atoms with Gasteiger partial charge in [0.25, 0.3) is 0 Å². The van der Waals surface area contributed by atoms with E-state index >= 15 is 0 Å². The van der Waals surface area contributed by atoms with Gasteiger partial charge >= 0.3 is 5.97 Å². The Kier molecular flexibility index (Phi) is 3.87. The van der Waals surface area contributed by atoms with E-state index in [0.717, 1.165) is 12.8 Å². The van der Waals surface area contributed by atoms with Crippen molar-refractivity contribution in [2.24, 2.45) is 5.92 Å². The van der Waals surface area contributed by atoms with E-state index in [0.29, 0.717) is 28.1 Å². The Balaban J connectivity index is 2.18. The number of benzene rings is 1. The second-order valence-corrected chi connectivity index (χ2v) is 5.34. The average molecular weight is 309 g/mol. The summed E-state index contributed by atoms with van der Waals surface area (Å²) < 4.78 is 0.672. The molecule has 18 heavy (non-hydrogen) atoms. The summed E-state index contributed by atoms with van der Waals surface area (Å²) in [5, 5.41) is 21.2. The highest BCUT2D eigenvalue weighted by molar-refractivity contribution is 9.10. The third-order valence-corrected chi connectivity index (χ3v) is 3.68. The lowest BCUT2D eigenvalue weighted by Crippen LogP contribution is -2.30. The van der Waals surface area contributed by atoms with Gasteiger partial charge in [-0.3, -0.25) is 0 Å². The van der Waals surface area contributed by atoms with Gasteiger partial charge in [0.05, 0.1) is 11.3 Å². The molecule has 0 heterocycles. The molecule has 2 N–H and O–H groups in total. The zero-order chi connectivity index (χ0) is 13.1. The molecule has 1 atom stereocenters. The van der Waals surface area contributed by atoms with E-state index < -0.39 is 12.0 Å². The summed E-state index contributed by atoms with van der Waals surface area (Å²) in [6.45, 7) is 0. The van der Waals surface area contributed by atoms with Gasteiger partial charge in [-0.25, -0.2) is 4.79 Å². The Morgan fingerprint density at radius 1 is 1.61 bits per heavy atom. The molecule has 0 amide bonds. The number of nitrogens with one attached hydrogen (secondary N) is 1. The van der Waals surface area contributed by atoms with Crippen LogP contribution in [0.1, 0.15) is 24.8 Å². The van der Waals surface area contributed by atoms with Crippen LogP contribution in [0.15, 0.2) is 22.7 Å². The number of nitriles is 1. The van der Waals surface area contributed by atoms with Crippen molar-refractivity contribution in [3.63, 3.8) is 0 Å². The number of hydrogen-bond acceptors (Lipinski definition) is 3. The molecule has 2 rings (SSSR count). The molecule has 1 aliphatic rings. The van der Waals surface area contributed by atoms with Gasteiger partial charge in [0.1, 0.15) is 12.1 Å². The first-order valence-electron chi connectivity index (χ1n) is 5.79. The standard InChI is InChI=1S/C13H13BrN2O2/c14-10-2-1-3-11(9(10)7-15)16-12(13(17)18)6-8-4-5-8/h1-3,8,12,16H,4-6H2,(H,17,18). The SMILES string of the molecule is N#Cc1c(Br)cccc1NC(CC1CC1)C(=O)O. The maximum absolute atomic E-state index is 11.2. The van der Waals surface area contributed by atoms with Crippen LogP contribution in [0.25, 0.3) is 0 Å². The molecule has 0 saturated heterocycles. The predicted octanol–water partition coefficient (Wildman–Crippen LogP) is 2.99. The summed E-state index contributed by atoms with van der Waals surface area (Å²) in [7, 11) is 0. The number of carbonyl (C=O) groups is 1. The third kappa shape index (κ3) is 3.02. The van der Waals surface area contributed by atoms with Crippen molar-refractivity contribution in [1.82, 2.24) is 0 Å². The van der Waals surface area contributed by atoms with Crippen molar-refractivity contribution >= 4 is 27.6 Å².